The molecule has 1 heterocycles. The van der Waals surface area contributed by atoms with Gasteiger partial charge in [-0.05, 0) is 33.6 Å². The summed E-state index contributed by atoms with van der Waals surface area (Å²) in [6, 6.07) is 0. The van der Waals surface area contributed by atoms with Gasteiger partial charge in [0, 0.05) is 51.7 Å². The van der Waals surface area contributed by atoms with E-state index in [2.05, 4.69) is 5.32 Å². The second kappa shape index (κ2) is 10.5. The molecule has 7 heteroatoms. The van der Waals surface area contributed by atoms with Crippen molar-refractivity contribution in [2.24, 2.45) is 5.92 Å². The number of hydrogen-bond acceptors (Lipinski definition) is 5. The van der Waals surface area contributed by atoms with Gasteiger partial charge in [-0.2, -0.15) is 0 Å². The number of carbonyl (C=O) groups is 3. The molecule has 1 saturated heterocycles. The zero-order chi connectivity index (χ0) is 18.9. The molecule has 3 amide bonds. The van der Waals surface area contributed by atoms with Crippen LogP contribution in [0, 0.1) is 5.92 Å². The summed E-state index contributed by atoms with van der Waals surface area (Å²) in [5.74, 6) is -0.784. The summed E-state index contributed by atoms with van der Waals surface area (Å²) in [7, 11) is 0. The first kappa shape index (κ1) is 21.6. The topological polar surface area (TPSA) is 84.9 Å². The van der Waals surface area contributed by atoms with Gasteiger partial charge in [-0.25, -0.2) is 0 Å². The van der Waals surface area contributed by atoms with Gasteiger partial charge in [0.15, 0.2) is 0 Å². The predicted octanol–water partition coefficient (Wildman–Crippen LogP) is 1.50. The largest absolute Gasteiger partial charge is 0.381 e. The Morgan fingerprint density at radius 2 is 2.04 bits per heavy atom. The summed E-state index contributed by atoms with van der Waals surface area (Å²) in [6.07, 6.45) is 1.94. The van der Waals surface area contributed by atoms with E-state index in [1.54, 1.807) is 6.92 Å². The predicted molar refractivity (Wildman–Crippen MR) is 93.9 cm³/mol. The van der Waals surface area contributed by atoms with E-state index in [0.717, 1.165) is 12.8 Å². The highest BCUT2D eigenvalue weighted by Crippen LogP contribution is 2.18. The molecule has 0 bridgehead atoms. The van der Waals surface area contributed by atoms with Gasteiger partial charge in [0.1, 0.15) is 0 Å². The fraction of sp³-hybridized carbons (Fsp3) is 0.833. The molecular weight excluding hydrogens is 324 g/mol. The van der Waals surface area contributed by atoms with Crippen molar-refractivity contribution in [2.75, 3.05) is 32.9 Å². The second-order valence-corrected chi connectivity index (χ2v) is 7.00. The summed E-state index contributed by atoms with van der Waals surface area (Å²) >= 11 is 0. The maximum atomic E-state index is 11.8. The van der Waals surface area contributed by atoms with Gasteiger partial charge in [0.25, 0.3) is 0 Å². The molecule has 0 aromatic carbocycles. The Balaban J connectivity index is 2.04. The molecule has 0 radical (unpaired) electrons. The minimum absolute atomic E-state index is 0.146. The molecular formula is C18H32N2O5. The molecule has 1 N–H and O–H groups in total. The molecule has 1 aliphatic rings. The van der Waals surface area contributed by atoms with Crippen LogP contribution in [0.1, 0.15) is 53.4 Å². The van der Waals surface area contributed by atoms with Crippen molar-refractivity contribution in [1.29, 1.82) is 0 Å². The van der Waals surface area contributed by atoms with Gasteiger partial charge in [0.2, 0.25) is 17.7 Å². The molecule has 1 fully saturated rings. The van der Waals surface area contributed by atoms with E-state index in [9.17, 15) is 14.4 Å². The van der Waals surface area contributed by atoms with E-state index in [0.29, 0.717) is 26.4 Å². The van der Waals surface area contributed by atoms with E-state index in [1.165, 1.54) is 4.90 Å². The van der Waals surface area contributed by atoms with Gasteiger partial charge in [0.05, 0.1) is 5.60 Å². The van der Waals surface area contributed by atoms with Crippen LogP contribution in [0.4, 0.5) is 0 Å². The van der Waals surface area contributed by atoms with Crippen LogP contribution >= 0.6 is 0 Å². The highest BCUT2D eigenvalue weighted by Gasteiger charge is 2.35. The lowest BCUT2D eigenvalue weighted by Gasteiger charge is -2.24. The quantitative estimate of drug-likeness (QED) is 0.423. The monoisotopic (exact) mass is 356 g/mol. The molecule has 1 rings (SSSR count). The number of rotatable bonds is 12. The molecule has 1 aliphatic heterocycles. The smallest absolute Gasteiger partial charge is 0.232 e. The number of likely N-dealkylation sites (tertiary alicyclic amines) is 1. The number of ether oxygens (including phenoxy) is 2. The molecule has 1 unspecified atom stereocenters. The number of amides is 3. The summed E-state index contributed by atoms with van der Waals surface area (Å²) in [5, 5.41) is 2.78. The van der Waals surface area contributed by atoms with Crippen molar-refractivity contribution in [3.05, 3.63) is 0 Å². The number of nitrogens with one attached hydrogen (secondary N) is 1. The first-order valence-electron chi connectivity index (χ1n) is 9.09. The third-order valence-electron chi connectivity index (χ3n) is 4.20. The SMILES string of the molecule is CCOC(C)(C)CCOCCCNC(=O)CCN1C(=O)CC(C)C1=O. The number of imide groups is 1. The van der Waals surface area contributed by atoms with Crippen LogP contribution in [0.25, 0.3) is 0 Å². The molecule has 144 valence electrons. The minimum Gasteiger partial charge on any atom is -0.381 e. The van der Waals surface area contributed by atoms with Crippen LogP contribution in [0.5, 0.6) is 0 Å². The van der Waals surface area contributed by atoms with E-state index < -0.39 is 0 Å². The van der Waals surface area contributed by atoms with Crippen molar-refractivity contribution in [1.82, 2.24) is 10.2 Å². The van der Waals surface area contributed by atoms with E-state index in [4.69, 9.17) is 9.47 Å². The number of hydrogen-bond donors (Lipinski definition) is 1. The highest BCUT2D eigenvalue weighted by molar-refractivity contribution is 6.03. The molecule has 0 aromatic rings. The Kier molecular flexibility index (Phi) is 9.06. The van der Waals surface area contributed by atoms with Crippen molar-refractivity contribution in [3.63, 3.8) is 0 Å². The zero-order valence-corrected chi connectivity index (χ0v) is 15.9. The van der Waals surface area contributed by atoms with Crippen molar-refractivity contribution in [2.45, 2.75) is 59.0 Å². The fourth-order valence-electron chi connectivity index (χ4n) is 2.67. The standard InChI is InChI=1S/C18H32N2O5/c1-5-25-18(3,4)8-12-24-11-6-9-19-15(21)7-10-20-16(22)13-14(2)17(20)23/h14H,5-13H2,1-4H3,(H,19,21). The van der Waals surface area contributed by atoms with Crippen molar-refractivity contribution < 1.29 is 23.9 Å². The van der Waals surface area contributed by atoms with Crippen LogP contribution in [0.2, 0.25) is 0 Å². The Morgan fingerprint density at radius 3 is 2.64 bits per heavy atom. The Morgan fingerprint density at radius 1 is 1.32 bits per heavy atom. The van der Waals surface area contributed by atoms with Gasteiger partial charge >= 0.3 is 0 Å². The molecule has 0 saturated carbocycles. The molecule has 7 nitrogen and oxygen atoms in total. The Bertz CT molecular complexity index is 464. The van der Waals surface area contributed by atoms with Gasteiger partial charge in [-0.1, -0.05) is 6.92 Å². The Hall–Kier alpha value is -1.47. The average Bonchev–Trinajstić information content (AvgIpc) is 2.77. The lowest BCUT2D eigenvalue weighted by molar-refractivity contribution is -0.139. The number of nitrogens with zero attached hydrogens (tertiary/aromatic N) is 1. The lowest BCUT2D eigenvalue weighted by Crippen LogP contribution is -2.35. The maximum Gasteiger partial charge on any atom is 0.232 e. The molecule has 0 aliphatic carbocycles. The van der Waals surface area contributed by atoms with E-state index >= 15 is 0 Å². The third kappa shape index (κ3) is 7.96. The minimum atomic E-state index is -0.264. The van der Waals surface area contributed by atoms with Crippen LogP contribution in [-0.4, -0.2) is 61.1 Å². The van der Waals surface area contributed by atoms with Gasteiger partial charge in [-0.3, -0.25) is 19.3 Å². The van der Waals surface area contributed by atoms with Crippen molar-refractivity contribution >= 4 is 17.7 Å². The van der Waals surface area contributed by atoms with Crippen molar-refractivity contribution in [3.8, 4) is 0 Å². The van der Waals surface area contributed by atoms with E-state index in [1.807, 2.05) is 20.8 Å². The average molecular weight is 356 g/mol. The summed E-state index contributed by atoms with van der Waals surface area (Å²) in [5.41, 5.74) is -0.176. The first-order valence-corrected chi connectivity index (χ1v) is 9.09. The number of carbonyl (C=O) groups excluding carboxylic acids is 3. The summed E-state index contributed by atoms with van der Waals surface area (Å²) in [6.45, 7) is 10.3. The van der Waals surface area contributed by atoms with Crippen LogP contribution in [-0.2, 0) is 23.9 Å². The summed E-state index contributed by atoms with van der Waals surface area (Å²) in [4.78, 5) is 36.3. The van der Waals surface area contributed by atoms with Crippen LogP contribution < -0.4 is 5.32 Å². The molecule has 25 heavy (non-hydrogen) atoms. The third-order valence-corrected chi connectivity index (χ3v) is 4.20. The molecule has 1 atom stereocenters. The summed E-state index contributed by atoms with van der Waals surface area (Å²) < 4.78 is 11.1. The molecule has 0 aromatic heterocycles. The van der Waals surface area contributed by atoms with Crippen LogP contribution in [0.15, 0.2) is 0 Å². The van der Waals surface area contributed by atoms with Gasteiger partial charge in [-0.15, -0.1) is 0 Å². The normalized spacial score (nSPS) is 18.1. The molecule has 0 spiro atoms. The first-order chi connectivity index (χ1) is 11.8. The van der Waals surface area contributed by atoms with E-state index in [-0.39, 0.29) is 48.6 Å². The lowest BCUT2D eigenvalue weighted by atomic mass is 10.1. The highest BCUT2D eigenvalue weighted by atomic mass is 16.5. The Labute approximate surface area is 150 Å². The zero-order valence-electron chi connectivity index (χ0n) is 15.9. The maximum absolute atomic E-state index is 11.8. The fourth-order valence-corrected chi connectivity index (χ4v) is 2.67. The van der Waals surface area contributed by atoms with Gasteiger partial charge < -0.3 is 14.8 Å². The van der Waals surface area contributed by atoms with Crippen LogP contribution in [0.3, 0.4) is 0 Å². The second-order valence-electron chi connectivity index (χ2n) is 7.00.